The van der Waals surface area contributed by atoms with Gasteiger partial charge in [0, 0.05) is 18.2 Å². The van der Waals surface area contributed by atoms with Gasteiger partial charge < -0.3 is 9.67 Å². The Labute approximate surface area is 99.5 Å². The first-order chi connectivity index (χ1) is 8.11. The molecular formula is C13H14FN2O. The largest absolute Gasteiger partial charge is 0.373 e. The van der Waals surface area contributed by atoms with Gasteiger partial charge in [0.05, 0.1) is 5.69 Å². The van der Waals surface area contributed by atoms with Gasteiger partial charge in [0.2, 0.25) is 0 Å². The van der Waals surface area contributed by atoms with Crippen molar-refractivity contribution >= 4 is 0 Å². The number of aliphatic hydroxyl groups is 1. The summed E-state index contributed by atoms with van der Waals surface area (Å²) >= 11 is 0. The summed E-state index contributed by atoms with van der Waals surface area (Å²) in [5.41, 5.74) is 1.34. The van der Waals surface area contributed by atoms with Gasteiger partial charge in [-0.2, -0.15) is 0 Å². The zero-order valence-corrected chi connectivity index (χ0v) is 9.60. The smallest absolute Gasteiger partial charge is 0.132 e. The summed E-state index contributed by atoms with van der Waals surface area (Å²) in [7, 11) is 0. The molecule has 1 aromatic carbocycles. The molecule has 1 aromatic heterocycles. The van der Waals surface area contributed by atoms with Crippen LogP contribution in [0.1, 0.15) is 19.0 Å². The molecule has 0 aliphatic carbocycles. The summed E-state index contributed by atoms with van der Waals surface area (Å²) in [5, 5.41) is 9.49. The van der Waals surface area contributed by atoms with Crippen molar-refractivity contribution in [3.8, 4) is 11.3 Å². The lowest BCUT2D eigenvalue weighted by Gasteiger charge is -2.07. The van der Waals surface area contributed by atoms with Crippen LogP contribution in [0.4, 0.5) is 4.39 Å². The third kappa shape index (κ3) is 2.36. The van der Waals surface area contributed by atoms with E-state index in [-0.39, 0.29) is 5.82 Å². The van der Waals surface area contributed by atoms with Crippen molar-refractivity contribution in [2.24, 2.45) is 0 Å². The van der Waals surface area contributed by atoms with Gasteiger partial charge in [0.15, 0.2) is 0 Å². The molecule has 2 rings (SSSR count). The van der Waals surface area contributed by atoms with Gasteiger partial charge >= 0.3 is 0 Å². The molecule has 0 saturated heterocycles. The molecule has 17 heavy (non-hydrogen) atoms. The van der Waals surface area contributed by atoms with Crippen LogP contribution in [-0.4, -0.2) is 14.7 Å². The normalized spacial score (nSPS) is 12.7. The molecule has 1 unspecified atom stereocenters. The van der Waals surface area contributed by atoms with E-state index in [2.05, 4.69) is 11.9 Å². The van der Waals surface area contributed by atoms with E-state index in [9.17, 15) is 9.50 Å². The van der Waals surface area contributed by atoms with E-state index in [0.717, 1.165) is 5.82 Å². The highest BCUT2D eigenvalue weighted by Gasteiger charge is 2.11. The minimum absolute atomic E-state index is 0.301. The Morgan fingerprint density at radius 1 is 1.53 bits per heavy atom. The van der Waals surface area contributed by atoms with Crippen molar-refractivity contribution < 1.29 is 9.50 Å². The average molecular weight is 233 g/mol. The SMILES string of the molecule is [CH2]C(O)n1cc(-c2cccc(F)c2)nc1CC. The lowest BCUT2D eigenvalue weighted by atomic mass is 10.2. The summed E-state index contributed by atoms with van der Waals surface area (Å²) in [4.78, 5) is 4.36. The monoisotopic (exact) mass is 233 g/mol. The first-order valence-electron chi connectivity index (χ1n) is 5.46. The molecule has 0 saturated carbocycles. The van der Waals surface area contributed by atoms with Crippen LogP contribution >= 0.6 is 0 Å². The van der Waals surface area contributed by atoms with Crippen molar-refractivity contribution in [3.63, 3.8) is 0 Å². The minimum Gasteiger partial charge on any atom is -0.373 e. The number of hydrogen-bond acceptors (Lipinski definition) is 2. The van der Waals surface area contributed by atoms with Crippen LogP contribution in [0.5, 0.6) is 0 Å². The van der Waals surface area contributed by atoms with E-state index in [1.807, 2.05) is 6.92 Å². The second-order valence-electron chi connectivity index (χ2n) is 3.79. The number of aryl methyl sites for hydroxylation is 1. The summed E-state index contributed by atoms with van der Waals surface area (Å²) in [6.07, 6.45) is 1.49. The fourth-order valence-corrected chi connectivity index (χ4v) is 1.74. The Kier molecular flexibility index (Phi) is 3.24. The molecule has 0 aliphatic rings. The molecule has 0 spiro atoms. The van der Waals surface area contributed by atoms with Crippen molar-refractivity contribution in [1.82, 2.24) is 9.55 Å². The summed E-state index contributed by atoms with van der Waals surface area (Å²) in [5.74, 6) is 0.428. The van der Waals surface area contributed by atoms with Crippen molar-refractivity contribution in [1.29, 1.82) is 0 Å². The molecule has 0 bridgehead atoms. The number of hydrogen-bond donors (Lipinski definition) is 1. The first-order valence-corrected chi connectivity index (χ1v) is 5.46. The van der Waals surface area contributed by atoms with Gasteiger partial charge in [-0.1, -0.05) is 19.1 Å². The molecule has 0 aliphatic heterocycles. The second-order valence-corrected chi connectivity index (χ2v) is 3.79. The van der Waals surface area contributed by atoms with Crippen LogP contribution < -0.4 is 0 Å². The van der Waals surface area contributed by atoms with E-state index in [1.165, 1.54) is 12.1 Å². The fourth-order valence-electron chi connectivity index (χ4n) is 1.74. The van der Waals surface area contributed by atoms with E-state index in [4.69, 9.17) is 0 Å². The summed E-state index contributed by atoms with van der Waals surface area (Å²) in [6, 6.07) is 6.22. The number of benzene rings is 1. The number of aliphatic hydroxyl groups excluding tert-OH is 1. The third-order valence-electron chi connectivity index (χ3n) is 2.57. The van der Waals surface area contributed by atoms with E-state index in [1.54, 1.807) is 22.9 Å². The fraction of sp³-hybridized carbons (Fsp3) is 0.231. The standard InChI is InChI=1S/C13H14FN2O/c1-3-13-15-12(8-16(13)9(2)17)10-5-4-6-11(14)7-10/h4-9,17H,2-3H2,1H3. The van der Waals surface area contributed by atoms with Gasteiger partial charge in [0.25, 0.3) is 0 Å². The number of nitrogens with zero attached hydrogens (tertiary/aromatic N) is 2. The van der Waals surface area contributed by atoms with Crippen molar-refractivity contribution in [3.05, 3.63) is 49.0 Å². The van der Waals surface area contributed by atoms with Crippen molar-refractivity contribution in [2.45, 2.75) is 19.6 Å². The first kappa shape index (κ1) is 11.8. The average Bonchev–Trinajstić information content (AvgIpc) is 2.73. The molecule has 3 nitrogen and oxygen atoms in total. The zero-order chi connectivity index (χ0) is 12.4. The van der Waals surface area contributed by atoms with Gasteiger partial charge in [-0.25, -0.2) is 9.37 Å². The van der Waals surface area contributed by atoms with Gasteiger partial charge in [-0.3, -0.25) is 0 Å². The zero-order valence-electron chi connectivity index (χ0n) is 9.60. The van der Waals surface area contributed by atoms with Crippen LogP contribution in [0.2, 0.25) is 0 Å². The van der Waals surface area contributed by atoms with Gasteiger partial charge in [0.1, 0.15) is 17.9 Å². The lowest BCUT2D eigenvalue weighted by Crippen LogP contribution is -2.06. The molecule has 0 fully saturated rings. The maximum atomic E-state index is 13.1. The molecule has 4 heteroatoms. The summed E-state index contributed by atoms with van der Waals surface area (Å²) in [6.45, 7) is 5.49. The number of aromatic nitrogens is 2. The van der Waals surface area contributed by atoms with Crippen LogP contribution in [0.25, 0.3) is 11.3 Å². The van der Waals surface area contributed by atoms with E-state index >= 15 is 0 Å². The van der Waals surface area contributed by atoms with Gasteiger partial charge in [-0.05, 0) is 19.1 Å². The molecule has 1 atom stereocenters. The highest BCUT2D eigenvalue weighted by atomic mass is 19.1. The predicted octanol–water partition coefficient (Wildman–Crippen LogP) is 2.58. The molecule has 2 aromatic rings. The van der Waals surface area contributed by atoms with Crippen molar-refractivity contribution in [2.75, 3.05) is 0 Å². The highest BCUT2D eigenvalue weighted by molar-refractivity contribution is 5.58. The topological polar surface area (TPSA) is 38.0 Å². The summed E-state index contributed by atoms with van der Waals surface area (Å²) < 4.78 is 14.7. The lowest BCUT2D eigenvalue weighted by molar-refractivity contribution is 0.148. The Morgan fingerprint density at radius 2 is 2.29 bits per heavy atom. The quantitative estimate of drug-likeness (QED) is 0.884. The van der Waals surface area contributed by atoms with Gasteiger partial charge in [-0.15, -0.1) is 0 Å². The Morgan fingerprint density at radius 3 is 2.82 bits per heavy atom. The molecule has 1 heterocycles. The molecule has 89 valence electrons. The molecule has 1 N–H and O–H groups in total. The van der Waals surface area contributed by atoms with Crippen LogP contribution in [0.3, 0.4) is 0 Å². The maximum Gasteiger partial charge on any atom is 0.132 e. The van der Waals surface area contributed by atoms with E-state index < -0.39 is 6.23 Å². The second kappa shape index (κ2) is 4.67. The molecule has 0 amide bonds. The highest BCUT2D eigenvalue weighted by Crippen LogP contribution is 2.21. The predicted molar refractivity (Wildman–Crippen MR) is 63.6 cm³/mol. The number of rotatable bonds is 3. The number of halogens is 1. The Bertz CT molecular complexity index is 520. The number of imidazole rings is 1. The Balaban J connectivity index is 2.46. The maximum absolute atomic E-state index is 13.1. The van der Waals surface area contributed by atoms with Crippen LogP contribution in [0.15, 0.2) is 30.5 Å². The van der Waals surface area contributed by atoms with Crippen LogP contribution in [0, 0.1) is 12.7 Å². The third-order valence-corrected chi connectivity index (χ3v) is 2.57. The molecular weight excluding hydrogens is 219 g/mol. The molecule has 1 radical (unpaired) electrons. The van der Waals surface area contributed by atoms with E-state index in [0.29, 0.717) is 17.7 Å². The van der Waals surface area contributed by atoms with Crippen LogP contribution in [-0.2, 0) is 6.42 Å². The Hall–Kier alpha value is -1.68. The minimum atomic E-state index is -0.875.